The van der Waals surface area contributed by atoms with E-state index < -0.39 is 6.09 Å². The third-order valence-electron chi connectivity index (χ3n) is 5.58. The number of carbonyl (C=O) groups is 1. The molecule has 0 saturated carbocycles. The van der Waals surface area contributed by atoms with Gasteiger partial charge in [0.2, 0.25) is 0 Å². The van der Waals surface area contributed by atoms with E-state index >= 15 is 0 Å². The summed E-state index contributed by atoms with van der Waals surface area (Å²) in [5, 5.41) is 13.6. The van der Waals surface area contributed by atoms with Crippen molar-refractivity contribution in [3.05, 3.63) is 42.0 Å². The molecule has 1 aliphatic rings. The SMILES string of the molecule is COCCOc1cccc2ccc(CC(CCNC(=O)O)C(C)CC3CO3)cc12. The molecule has 29 heavy (non-hydrogen) atoms. The standard InChI is InChI=1S/C23H31NO5/c1-16(12-20-15-29-20)19(8-9-24-23(25)26)13-17-6-7-18-4-3-5-22(21(18)14-17)28-11-10-27-2/h3-7,14,16,19-20,24H,8-13,15H2,1-2H3,(H,25,26). The van der Waals surface area contributed by atoms with E-state index in [1.54, 1.807) is 7.11 Å². The molecule has 6 nitrogen and oxygen atoms in total. The number of hydrogen-bond acceptors (Lipinski definition) is 4. The van der Waals surface area contributed by atoms with Crippen molar-refractivity contribution < 1.29 is 24.1 Å². The fourth-order valence-corrected chi connectivity index (χ4v) is 3.85. The lowest BCUT2D eigenvalue weighted by atomic mass is 9.82. The average molecular weight is 402 g/mol. The van der Waals surface area contributed by atoms with Crippen molar-refractivity contribution in [2.45, 2.75) is 32.3 Å². The van der Waals surface area contributed by atoms with Crippen molar-refractivity contribution >= 4 is 16.9 Å². The molecule has 6 heteroatoms. The lowest BCUT2D eigenvalue weighted by Gasteiger charge is -2.24. The van der Waals surface area contributed by atoms with Crippen LogP contribution < -0.4 is 10.1 Å². The molecule has 2 aromatic rings. The van der Waals surface area contributed by atoms with Crippen LogP contribution in [-0.2, 0) is 15.9 Å². The topological polar surface area (TPSA) is 80.3 Å². The van der Waals surface area contributed by atoms with Crippen LogP contribution >= 0.6 is 0 Å². The van der Waals surface area contributed by atoms with Crippen LogP contribution in [0.3, 0.4) is 0 Å². The molecule has 2 aromatic carbocycles. The summed E-state index contributed by atoms with van der Waals surface area (Å²) in [4.78, 5) is 10.8. The number of carboxylic acid groups (broad SMARTS) is 1. The number of nitrogens with one attached hydrogen (secondary N) is 1. The van der Waals surface area contributed by atoms with Gasteiger partial charge < -0.3 is 24.6 Å². The van der Waals surface area contributed by atoms with Crippen molar-refractivity contribution in [1.29, 1.82) is 0 Å². The summed E-state index contributed by atoms with van der Waals surface area (Å²) >= 11 is 0. The van der Waals surface area contributed by atoms with E-state index in [0.717, 1.165) is 42.4 Å². The summed E-state index contributed by atoms with van der Waals surface area (Å²) in [5.74, 6) is 1.71. The Kier molecular flexibility index (Phi) is 7.72. The molecule has 0 aliphatic carbocycles. The second kappa shape index (κ2) is 10.5. The first-order chi connectivity index (χ1) is 14.1. The van der Waals surface area contributed by atoms with E-state index in [1.165, 1.54) is 5.56 Å². The van der Waals surface area contributed by atoms with E-state index in [1.807, 2.05) is 12.1 Å². The highest BCUT2D eigenvalue weighted by atomic mass is 16.6. The van der Waals surface area contributed by atoms with Crippen molar-refractivity contribution in [2.75, 3.05) is 33.5 Å². The molecule has 0 aromatic heterocycles. The second-order valence-corrected chi connectivity index (χ2v) is 7.81. The molecular weight excluding hydrogens is 370 g/mol. The largest absolute Gasteiger partial charge is 0.491 e. The third kappa shape index (κ3) is 6.61. The smallest absolute Gasteiger partial charge is 0.404 e. The number of benzene rings is 2. The molecule has 1 saturated heterocycles. The lowest BCUT2D eigenvalue weighted by molar-refractivity contribution is 0.147. The maximum atomic E-state index is 10.8. The van der Waals surface area contributed by atoms with Crippen LogP contribution in [0.1, 0.15) is 25.3 Å². The van der Waals surface area contributed by atoms with Gasteiger partial charge in [-0.1, -0.05) is 31.2 Å². The number of hydrogen-bond donors (Lipinski definition) is 2. The van der Waals surface area contributed by atoms with Gasteiger partial charge in [-0.25, -0.2) is 4.79 Å². The molecule has 0 bridgehead atoms. The van der Waals surface area contributed by atoms with Crippen molar-refractivity contribution in [2.24, 2.45) is 11.8 Å². The first kappa shape index (κ1) is 21.4. The highest BCUT2D eigenvalue weighted by Crippen LogP contribution is 2.31. The highest BCUT2D eigenvalue weighted by Gasteiger charge is 2.28. The highest BCUT2D eigenvalue weighted by molar-refractivity contribution is 5.88. The molecule has 3 unspecified atom stereocenters. The Labute approximate surface area is 172 Å². The fourth-order valence-electron chi connectivity index (χ4n) is 3.85. The Balaban J connectivity index is 1.74. The van der Waals surface area contributed by atoms with Gasteiger partial charge in [0.25, 0.3) is 0 Å². The predicted octanol–water partition coefficient (Wildman–Crippen LogP) is 4.11. The second-order valence-electron chi connectivity index (χ2n) is 7.81. The molecule has 158 valence electrons. The summed E-state index contributed by atoms with van der Waals surface area (Å²) in [6.07, 6.45) is 2.14. The fraction of sp³-hybridized carbons (Fsp3) is 0.522. The third-order valence-corrected chi connectivity index (χ3v) is 5.58. The lowest BCUT2D eigenvalue weighted by Crippen LogP contribution is -2.27. The van der Waals surface area contributed by atoms with Crippen LogP contribution in [0.25, 0.3) is 10.8 Å². The van der Waals surface area contributed by atoms with Crippen LogP contribution in [0.2, 0.25) is 0 Å². The molecular formula is C23H31NO5. The minimum Gasteiger partial charge on any atom is -0.491 e. The minimum atomic E-state index is -0.967. The van der Waals surface area contributed by atoms with E-state index in [0.29, 0.717) is 37.7 Å². The Hall–Kier alpha value is -2.31. The van der Waals surface area contributed by atoms with Gasteiger partial charge in [-0.15, -0.1) is 0 Å². The monoisotopic (exact) mass is 401 g/mol. The molecule has 3 rings (SSSR count). The van der Waals surface area contributed by atoms with E-state index in [-0.39, 0.29) is 0 Å². The first-order valence-electron chi connectivity index (χ1n) is 10.3. The normalized spacial score (nSPS) is 17.7. The predicted molar refractivity (Wildman–Crippen MR) is 113 cm³/mol. The van der Waals surface area contributed by atoms with Gasteiger partial charge >= 0.3 is 6.09 Å². The van der Waals surface area contributed by atoms with E-state index in [4.69, 9.17) is 19.3 Å². The summed E-state index contributed by atoms with van der Waals surface area (Å²) in [6, 6.07) is 12.6. The first-order valence-corrected chi connectivity index (χ1v) is 10.3. The Morgan fingerprint density at radius 1 is 1.31 bits per heavy atom. The van der Waals surface area contributed by atoms with Gasteiger partial charge in [-0.3, -0.25) is 0 Å². The quantitative estimate of drug-likeness (QED) is 0.413. The number of ether oxygens (including phenoxy) is 3. The molecule has 0 radical (unpaired) electrons. The zero-order valence-electron chi connectivity index (χ0n) is 17.2. The van der Waals surface area contributed by atoms with Crippen LogP contribution in [0.5, 0.6) is 5.75 Å². The number of amides is 1. The van der Waals surface area contributed by atoms with Gasteiger partial charge in [0, 0.05) is 19.0 Å². The molecule has 1 fully saturated rings. The summed E-state index contributed by atoms with van der Waals surface area (Å²) in [6.45, 7) is 4.63. The molecule has 1 amide bonds. The Morgan fingerprint density at radius 2 is 2.14 bits per heavy atom. The van der Waals surface area contributed by atoms with E-state index in [2.05, 4.69) is 36.5 Å². The molecule has 1 heterocycles. The molecule has 1 aliphatic heterocycles. The van der Waals surface area contributed by atoms with Gasteiger partial charge in [0.15, 0.2) is 0 Å². The zero-order valence-corrected chi connectivity index (χ0v) is 17.2. The Bertz CT molecular complexity index is 805. The average Bonchev–Trinajstić information content (AvgIpc) is 3.51. The van der Waals surface area contributed by atoms with Gasteiger partial charge in [0.05, 0.1) is 19.3 Å². The number of fused-ring (bicyclic) bond motifs is 1. The summed E-state index contributed by atoms with van der Waals surface area (Å²) in [7, 11) is 1.66. The van der Waals surface area contributed by atoms with Crippen molar-refractivity contribution in [1.82, 2.24) is 5.32 Å². The van der Waals surface area contributed by atoms with Crippen molar-refractivity contribution in [3.8, 4) is 5.75 Å². The zero-order chi connectivity index (χ0) is 20.6. The van der Waals surface area contributed by atoms with Crippen molar-refractivity contribution in [3.63, 3.8) is 0 Å². The van der Waals surface area contributed by atoms with Crippen LogP contribution in [0, 0.1) is 11.8 Å². The minimum absolute atomic E-state index is 0.373. The Morgan fingerprint density at radius 3 is 2.86 bits per heavy atom. The summed E-state index contributed by atoms with van der Waals surface area (Å²) < 4.78 is 16.4. The van der Waals surface area contributed by atoms with Crippen LogP contribution in [-0.4, -0.2) is 50.8 Å². The number of methoxy groups -OCH3 is 1. The van der Waals surface area contributed by atoms with Crippen LogP contribution in [0.15, 0.2) is 36.4 Å². The maximum absolute atomic E-state index is 10.8. The van der Waals surface area contributed by atoms with Gasteiger partial charge in [-0.05, 0) is 54.2 Å². The molecule has 3 atom stereocenters. The number of epoxide rings is 1. The van der Waals surface area contributed by atoms with Gasteiger partial charge in [0.1, 0.15) is 12.4 Å². The van der Waals surface area contributed by atoms with E-state index in [9.17, 15) is 4.79 Å². The molecule has 0 spiro atoms. The molecule has 2 N–H and O–H groups in total. The van der Waals surface area contributed by atoms with Gasteiger partial charge in [-0.2, -0.15) is 0 Å². The van der Waals surface area contributed by atoms with Crippen LogP contribution in [0.4, 0.5) is 4.79 Å². The number of rotatable bonds is 12. The summed E-state index contributed by atoms with van der Waals surface area (Å²) in [5.41, 5.74) is 1.24. The maximum Gasteiger partial charge on any atom is 0.404 e.